The van der Waals surface area contributed by atoms with Crippen LogP contribution < -0.4 is 15.4 Å². The maximum atomic E-state index is 12.8. The number of amides is 4. The number of nitrogens with zero attached hydrogens (tertiary/aromatic N) is 1. The molecular weight excluding hydrogens is 322 g/mol. The molecule has 2 aliphatic rings. The molecule has 1 spiro atoms. The first-order chi connectivity index (χ1) is 12.0. The monoisotopic (exact) mass is 345 g/mol. The van der Waals surface area contributed by atoms with Crippen LogP contribution >= 0.6 is 0 Å². The third-order valence-electron chi connectivity index (χ3n) is 5.18. The summed E-state index contributed by atoms with van der Waals surface area (Å²) in [6.07, 6.45) is 3.50. The van der Waals surface area contributed by atoms with Crippen LogP contribution in [-0.2, 0) is 9.59 Å². The van der Waals surface area contributed by atoms with Crippen LogP contribution in [-0.4, -0.2) is 41.9 Å². The van der Waals surface area contributed by atoms with Crippen molar-refractivity contribution in [2.24, 2.45) is 5.92 Å². The SMILES string of the molecule is COc1ccc(NC(=O)CN2C(=O)N[C@@]3(CCCC[C@H]3C)C2=O)cc1. The van der Waals surface area contributed by atoms with E-state index in [9.17, 15) is 14.4 Å². The van der Waals surface area contributed by atoms with Gasteiger partial charge in [0.05, 0.1) is 7.11 Å². The molecule has 0 radical (unpaired) electrons. The van der Waals surface area contributed by atoms with Crippen molar-refractivity contribution >= 4 is 23.5 Å². The molecule has 0 bridgehead atoms. The van der Waals surface area contributed by atoms with Crippen LogP contribution in [0.5, 0.6) is 5.75 Å². The van der Waals surface area contributed by atoms with E-state index >= 15 is 0 Å². The van der Waals surface area contributed by atoms with Crippen LogP contribution in [0, 0.1) is 5.92 Å². The highest BCUT2D eigenvalue weighted by molar-refractivity contribution is 6.10. The summed E-state index contributed by atoms with van der Waals surface area (Å²) in [6, 6.07) is 6.37. The first-order valence-electron chi connectivity index (χ1n) is 8.54. The zero-order valence-electron chi connectivity index (χ0n) is 14.5. The van der Waals surface area contributed by atoms with Gasteiger partial charge in [0.1, 0.15) is 17.8 Å². The molecule has 3 rings (SSSR count). The predicted octanol–water partition coefficient (Wildman–Crippen LogP) is 2.13. The van der Waals surface area contributed by atoms with Gasteiger partial charge in [-0.05, 0) is 43.0 Å². The molecule has 2 atom stereocenters. The minimum absolute atomic E-state index is 0.0762. The molecule has 2 N–H and O–H groups in total. The second-order valence-electron chi connectivity index (χ2n) is 6.72. The quantitative estimate of drug-likeness (QED) is 0.819. The Morgan fingerprint density at radius 1 is 1.32 bits per heavy atom. The van der Waals surface area contributed by atoms with Crippen molar-refractivity contribution in [3.8, 4) is 5.75 Å². The topological polar surface area (TPSA) is 87.7 Å². The van der Waals surface area contributed by atoms with E-state index in [0.29, 0.717) is 17.9 Å². The summed E-state index contributed by atoms with van der Waals surface area (Å²) in [5.41, 5.74) is -0.256. The summed E-state index contributed by atoms with van der Waals surface area (Å²) in [7, 11) is 1.56. The number of rotatable bonds is 4. The summed E-state index contributed by atoms with van der Waals surface area (Å²) < 4.78 is 5.07. The lowest BCUT2D eigenvalue weighted by molar-refractivity contribution is -0.136. The largest absolute Gasteiger partial charge is 0.497 e. The maximum absolute atomic E-state index is 12.8. The minimum Gasteiger partial charge on any atom is -0.497 e. The van der Waals surface area contributed by atoms with Crippen LogP contribution in [0.4, 0.5) is 10.5 Å². The zero-order chi connectivity index (χ0) is 18.0. The van der Waals surface area contributed by atoms with Gasteiger partial charge in [0, 0.05) is 5.69 Å². The Morgan fingerprint density at radius 3 is 2.68 bits per heavy atom. The molecular formula is C18H23N3O4. The van der Waals surface area contributed by atoms with Gasteiger partial charge in [-0.25, -0.2) is 4.79 Å². The first kappa shape index (κ1) is 17.3. The third kappa shape index (κ3) is 3.18. The second kappa shape index (κ2) is 6.74. The van der Waals surface area contributed by atoms with E-state index in [2.05, 4.69) is 10.6 Å². The smallest absolute Gasteiger partial charge is 0.325 e. The van der Waals surface area contributed by atoms with Crippen molar-refractivity contribution in [2.75, 3.05) is 19.0 Å². The van der Waals surface area contributed by atoms with Gasteiger partial charge >= 0.3 is 6.03 Å². The summed E-state index contributed by atoms with van der Waals surface area (Å²) in [4.78, 5) is 38.4. The number of urea groups is 1. The standard InChI is InChI=1S/C18H23N3O4/c1-12-5-3-4-10-18(12)16(23)21(17(24)20-18)11-15(22)19-13-6-8-14(25-2)9-7-13/h6-9,12H,3-5,10-11H2,1-2H3,(H,19,22)(H,20,24)/t12-,18-/m1/s1. The molecule has 1 saturated carbocycles. The number of imide groups is 1. The van der Waals surface area contributed by atoms with E-state index in [4.69, 9.17) is 4.74 Å². The molecule has 1 aromatic carbocycles. The number of carbonyl (C=O) groups is 3. The number of carbonyl (C=O) groups excluding carboxylic acids is 3. The summed E-state index contributed by atoms with van der Waals surface area (Å²) >= 11 is 0. The highest BCUT2D eigenvalue weighted by Gasteiger charge is 2.55. The minimum atomic E-state index is -0.838. The summed E-state index contributed by atoms with van der Waals surface area (Å²) in [6.45, 7) is 1.70. The Hall–Kier alpha value is -2.57. The van der Waals surface area contributed by atoms with E-state index < -0.39 is 17.5 Å². The van der Waals surface area contributed by atoms with Crippen LogP contribution in [0.2, 0.25) is 0 Å². The highest BCUT2D eigenvalue weighted by atomic mass is 16.5. The van der Waals surface area contributed by atoms with Gasteiger partial charge in [0.25, 0.3) is 5.91 Å². The lowest BCUT2D eigenvalue weighted by atomic mass is 9.73. The van der Waals surface area contributed by atoms with Crippen molar-refractivity contribution in [2.45, 2.75) is 38.1 Å². The predicted molar refractivity (Wildman–Crippen MR) is 92.2 cm³/mol. The molecule has 2 fully saturated rings. The molecule has 1 saturated heterocycles. The Kier molecular flexibility index (Phi) is 4.65. The fraction of sp³-hybridized carbons (Fsp3) is 0.500. The zero-order valence-corrected chi connectivity index (χ0v) is 14.5. The molecule has 4 amide bonds. The normalized spacial score (nSPS) is 25.8. The van der Waals surface area contributed by atoms with Gasteiger partial charge in [-0.3, -0.25) is 14.5 Å². The first-order valence-corrected chi connectivity index (χ1v) is 8.54. The van der Waals surface area contributed by atoms with Gasteiger partial charge in [-0.2, -0.15) is 0 Å². The van der Waals surface area contributed by atoms with Crippen molar-refractivity contribution in [1.29, 1.82) is 0 Å². The average molecular weight is 345 g/mol. The molecule has 7 heteroatoms. The Balaban J connectivity index is 1.66. The summed E-state index contributed by atoms with van der Waals surface area (Å²) in [5, 5.41) is 5.54. The van der Waals surface area contributed by atoms with Crippen LogP contribution in [0.15, 0.2) is 24.3 Å². The van der Waals surface area contributed by atoms with Crippen LogP contribution in [0.1, 0.15) is 32.6 Å². The molecule has 1 aromatic rings. The lowest BCUT2D eigenvalue weighted by Gasteiger charge is -2.36. The Labute approximate surface area is 146 Å². The number of hydrogen-bond donors (Lipinski definition) is 2. The number of anilines is 1. The molecule has 0 aromatic heterocycles. The fourth-order valence-corrected chi connectivity index (χ4v) is 3.66. The lowest BCUT2D eigenvalue weighted by Crippen LogP contribution is -2.54. The number of benzene rings is 1. The number of hydrogen-bond acceptors (Lipinski definition) is 4. The Bertz CT molecular complexity index is 688. The molecule has 1 aliphatic heterocycles. The number of methoxy groups -OCH3 is 1. The molecule has 25 heavy (non-hydrogen) atoms. The van der Waals surface area contributed by atoms with E-state index in [1.165, 1.54) is 0 Å². The van der Waals surface area contributed by atoms with E-state index in [0.717, 1.165) is 24.2 Å². The van der Waals surface area contributed by atoms with E-state index in [1.807, 2.05) is 6.92 Å². The van der Waals surface area contributed by atoms with Gasteiger partial charge < -0.3 is 15.4 Å². The van der Waals surface area contributed by atoms with Gasteiger partial charge in [-0.1, -0.05) is 19.8 Å². The average Bonchev–Trinajstić information content (AvgIpc) is 2.83. The fourth-order valence-electron chi connectivity index (χ4n) is 3.66. The molecule has 7 nitrogen and oxygen atoms in total. The second-order valence-corrected chi connectivity index (χ2v) is 6.72. The van der Waals surface area contributed by atoms with Gasteiger partial charge in [0.2, 0.25) is 5.91 Å². The van der Waals surface area contributed by atoms with Gasteiger partial charge in [0.15, 0.2) is 0 Å². The van der Waals surface area contributed by atoms with Crippen LogP contribution in [0.25, 0.3) is 0 Å². The van der Waals surface area contributed by atoms with Gasteiger partial charge in [-0.15, -0.1) is 0 Å². The maximum Gasteiger partial charge on any atom is 0.325 e. The Morgan fingerprint density at radius 2 is 2.04 bits per heavy atom. The highest BCUT2D eigenvalue weighted by Crippen LogP contribution is 2.38. The molecule has 134 valence electrons. The van der Waals surface area contributed by atoms with E-state index in [-0.39, 0.29) is 18.4 Å². The summed E-state index contributed by atoms with van der Waals surface area (Å²) in [5.74, 6) is 0.0661. The van der Waals surface area contributed by atoms with E-state index in [1.54, 1.807) is 31.4 Å². The number of nitrogens with one attached hydrogen (secondary N) is 2. The number of ether oxygens (including phenoxy) is 1. The van der Waals surface area contributed by atoms with Crippen molar-refractivity contribution in [3.63, 3.8) is 0 Å². The third-order valence-corrected chi connectivity index (χ3v) is 5.18. The molecule has 1 heterocycles. The molecule has 1 aliphatic carbocycles. The van der Waals surface area contributed by atoms with Crippen molar-refractivity contribution in [3.05, 3.63) is 24.3 Å². The van der Waals surface area contributed by atoms with Crippen molar-refractivity contribution in [1.82, 2.24) is 10.2 Å². The van der Waals surface area contributed by atoms with Crippen LogP contribution in [0.3, 0.4) is 0 Å². The molecule has 0 unspecified atom stereocenters. The van der Waals surface area contributed by atoms with Crippen molar-refractivity contribution < 1.29 is 19.1 Å².